The second-order valence-electron chi connectivity index (χ2n) is 6.96. The van der Waals surface area contributed by atoms with Gasteiger partial charge in [0.15, 0.2) is 0 Å². The normalized spacial score (nSPS) is 15.0. The summed E-state index contributed by atoms with van der Waals surface area (Å²) in [7, 11) is 0. The maximum absolute atomic E-state index is 12.6. The van der Waals surface area contributed by atoms with Gasteiger partial charge in [0.2, 0.25) is 5.43 Å². The molecule has 1 aromatic carbocycles. The number of aromatic amines is 1. The summed E-state index contributed by atoms with van der Waals surface area (Å²) in [6, 6.07) is 5.80. The van der Waals surface area contributed by atoms with Crippen LogP contribution in [0.25, 0.3) is 10.2 Å². The van der Waals surface area contributed by atoms with Crippen molar-refractivity contribution in [1.29, 1.82) is 0 Å². The van der Waals surface area contributed by atoms with E-state index in [4.69, 9.17) is 0 Å². The number of fused-ring (bicyclic) bond motifs is 2. The molecule has 3 N–H and O–H groups in total. The fraction of sp³-hybridized carbons (Fsp3) is 0.278. The Hall–Kier alpha value is -2.67. The highest BCUT2D eigenvalue weighted by atomic mass is 32.1. The van der Waals surface area contributed by atoms with Gasteiger partial charge >= 0.3 is 0 Å². The van der Waals surface area contributed by atoms with Crippen LogP contribution in [0, 0.1) is 6.92 Å². The highest BCUT2D eigenvalue weighted by Crippen LogP contribution is 2.37. The first-order valence-corrected chi connectivity index (χ1v) is 8.81. The van der Waals surface area contributed by atoms with Gasteiger partial charge in [0.25, 0.3) is 5.91 Å². The van der Waals surface area contributed by atoms with E-state index in [2.05, 4.69) is 33.8 Å². The van der Waals surface area contributed by atoms with Crippen LogP contribution in [-0.2, 0) is 5.41 Å². The molecule has 0 saturated heterocycles. The van der Waals surface area contributed by atoms with E-state index in [1.807, 2.05) is 18.2 Å². The van der Waals surface area contributed by atoms with Crippen molar-refractivity contribution in [2.75, 3.05) is 17.2 Å². The third-order valence-electron chi connectivity index (χ3n) is 4.65. The Morgan fingerprint density at radius 1 is 1.36 bits per heavy atom. The number of anilines is 2. The molecule has 6 nitrogen and oxygen atoms in total. The van der Waals surface area contributed by atoms with E-state index in [1.165, 1.54) is 23.3 Å². The van der Waals surface area contributed by atoms with Crippen molar-refractivity contribution in [2.45, 2.75) is 26.2 Å². The van der Waals surface area contributed by atoms with Gasteiger partial charge < -0.3 is 15.6 Å². The van der Waals surface area contributed by atoms with Crippen molar-refractivity contribution in [2.24, 2.45) is 0 Å². The molecule has 1 aliphatic rings. The molecule has 0 spiro atoms. The average Bonchev–Trinajstić information content (AvgIpc) is 3.08. The van der Waals surface area contributed by atoms with Crippen molar-refractivity contribution in [3.63, 3.8) is 0 Å². The van der Waals surface area contributed by atoms with Crippen LogP contribution < -0.4 is 16.1 Å². The first-order valence-electron chi connectivity index (χ1n) is 8.04. The Morgan fingerprint density at radius 3 is 2.96 bits per heavy atom. The fourth-order valence-corrected chi connectivity index (χ4v) is 3.97. The van der Waals surface area contributed by atoms with Crippen molar-refractivity contribution < 1.29 is 4.79 Å². The molecule has 3 heterocycles. The number of hydrogen-bond acceptors (Lipinski definition) is 5. The zero-order valence-corrected chi connectivity index (χ0v) is 15.0. The number of aromatic nitrogens is 2. The molecule has 2 aromatic heterocycles. The van der Waals surface area contributed by atoms with E-state index in [1.54, 1.807) is 6.92 Å². The number of benzene rings is 1. The lowest BCUT2D eigenvalue weighted by Crippen LogP contribution is -2.22. The predicted molar refractivity (Wildman–Crippen MR) is 101 cm³/mol. The van der Waals surface area contributed by atoms with Gasteiger partial charge in [0.05, 0.1) is 11.1 Å². The monoisotopic (exact) mass is 354 g/mol. The van der Waals surface area contributed by atoms with E-state index >= 15 is 0 Å². The minimum Gasteiger partial charge on any atom is -0.384 e. The van der Waals surface area contributed by atoms with Gasteiger partial charge in [0, 0.05) is 29.5 Å². The lowest BCUT2D eigenvalue weighted by Gasteiger charge is -2.17. The maximum atomic E-state index is 12.6. The van der Waals surface area contributed by atoms with Gasteiger partial charge in [-0.1, -0.05) is 19.9 Å². The molecule has 25 heavy (non-hydrogen) atoms. The fourth-order valence-electron chi connectivity index (χ4n) is 3.21. The highest BCUT2D eigenvalue weighted by molar-refractivity contribution is 7.12. The van der Waals surface area contributed by atoms with Crippen LogP contribution in [0.4, 0.5) is 11.4 Å². The zero-order valence-electron chi connectivity index (χ0n) is 14.2. The van der Waals surface area contributed by atoms with Crippen LogP contribution >= 0.6 is 11.5 Å². The van der Waals surface area contributed by atoms with Crippen molar-refractivity contribution in [3.05, 3.63) is 51.4 Å². The van der Waals surface area contributed by atoms with Gasteiger partial charge in [-0.15, -0.1) is 0 Å². The molecule has 0 saturated carbocycles. The third kappa shape index (κ3) is 2.51. The molecule has 4 rings (SSSR count). The third-order valence-corrected chi connectivity index (χ3v) is 5.52. The standard InChI is InChI=1S/C18H18N4O2S/c1-9-14-15(23)11(7-19-17(14)25-22-9)16(24)21-10-4-5-12-13(6-10)20-8-18(12,2)3/h4-7,20H,8H2,1-3H3,(H,19,23)(H,21,24). The Morgan fingerprint density at radius 2 is 2.16 bits per heavy atom. The van der Waals surface area contributed by atoms with Gasteiger partial charge in [-0.05, 0) is 36.2 Å². The number of rotatable bonds is 2. The van der Waals surface area contributed by atoms with Crippen LogP contribution in [0.3, 0.4) is 0 Å². The molecule has 0 aliphatic carbocycles. The van der Waals surface area contributed by atoms with Crippen LogP contribution in [0.2, 0.25) is 0 Å². The first kappa shape index (κ1) is 15.8. The van der Waals surface area contributed by atoms with E-state index in [-0.39, 0.29) is 16.4 Å². The number of aryl methyl sites for hydroxylation is 1. The number of carbonyl (C=O) groups excluding carboxylic acids is 1. The van der Waals surface area contributed by atoms with Crippen molar-refractivity contribution in [3.8, 4) is 0 Å². The molecule has 3 aromatic rings. The summed E-state index contributed by atoms with van der Waals surface area (Å²) in [5.41, 5.74) is 3.41. The lowest BCUT2D eigenvalue weighted by molar-refractivity contribution is 0.102. The smallest absolute Gasteiger partial charge is 0.261 e. The minimum atomic E-state index is -0.425. The number of amides is 1. The van der Waals surface area contributed by atoms with Gasteiger partial charge in [-0.2, -0.15) is 4.37 Å². The first-order chi connectivity index (χ1) is 11.9. The Labute approximate surface area is 148 Å². The Balaban J connectivity index is 1.66. The number of H-pyrrole nitrogens is 1. The van der Waals surface area contributed by atoms with Gasteiger partial charge in [0.1, 0.15) is 10.4 Å². The number of hydrogen-bond donors (Lipinski definition) is 3. The zero-order chi connectivity index (χ0) is 17.8. The Bertz CT molecular complexity index is 1060. The molecule has 128 valence electrons. The van der Waals surface area contributed by atoms with Crippen LogP contribution in [-0.4, -0.2) is 21.8 Å². The molecule has 0 fully saturated rings. The molecule has 0 unspecified atom stereocenters. The molecular formula is C18H18N4O2S. The van der Waals surface area contributed by atoms with Crippen molar-refractivity contribution >= 4 is 39.0 Å². The summed E-state index contributed by atoms with van der Waals surface area (Å²) in [5.74, 6) is -0.425. The number of nitrogens with one attached hydrogen (secondary N) is 3. The Kier molecular flexibility index (Phi) is 3.43. The maximum Gasteiger partial charge on any atom is 0.261 e. The SMILES string of the molecule is Cc1nsc2[nH]cc(C(=O)Nc3ccc4c(c3)NCC4(C)C)c(=O)c12. The average molecular weight is 354 g/mol. The van der Waals surface area contributed by atoms with Gasteiger partial charge in [-0.25, -0.2) is 0 Å². The van der Waals surface area contributed by atoms with E-state index in [0.29, 0.717) is 21.6 Å². The van der Waals surface area contributed by atoms with E-state index in [0.717, 1.165) is 12.2 Å². The summed E-state index contributed by atoms with van der Waals surface area (Å²) >= 11 is 1.22. The molecule has 0 bridgehead atoms. The largest absolute Gasteiger partial charge is 0.384 e. The number of nitrogens with zero attached hydrogens (tertiary/aromatic N) is 1. The minimum absolute atomic E-state index is 0.0729. The number of carbonyl (C=O) groups is 1. The van der Waals surface area contributed by atoms with Crippen LogP contribution in [0.15, 0.2) is 29.2 Å². The van der Waals surface area contributed by atoms with Gasteiger partial charge in [-0.3, -0.25) is 9.59 Å². The van der Waals surface area contributed by atoms with Crippen LogP contribution in [0.1, 0.15) is 35.5 Å². The summed E-state index contributed by atoms with van der Waals surface area (Å²) < 4.78 is 4.16. The summed E-state index contributed by atoms with van der Waals surface area (Å²) in [6.45, 7) is 6.98. The van der Waals surface area contributed by atoms with Crippen molar-refractivity contribution in [1.82, 2.24) is 9.36 Å². The molecule has 0 radical (unpaired) electrons. The quantitative estimate of drug-likeness (QED) is 0.659. The lowest BCUT2D eigenvalue weighted by atomic mass is 9.87. The second-order valence-corrected chi connectivity index (χ2v) is 7.73. The summed E-state index contributed by atoms with van der Waals surface area (Å²) in [4.78, 5) is 28.8. The summed E-state index contributed by atoms with van der Waals surface area (Å²) in [6.07, 6.45) is 1.45. The molecule has 1 aliphatic heterocycles. The molecular weight excluding hydrogens is 336 g/mol. The van der Waals surface area contributed by atoms with E-state index < -0.39 is 5.91 Å². The predicted octanol–water partition coefficient (Wildman–Crippen LogP) is 3.25. The topological polar surface area (TPSA) is 86.9 Å². The molecule has 7 heteroatoms. The molecule has 0 atom stereocenters. The number of pyridine rings is 1. The summed E-state index contributed by atoms with van der Waals surface area (Å²) in [5, 5.41) is 6.66. The second kappa shape index (κ2) is 5.42. The molecule has 1 amide bonds. The van der Waals surface area contributed by atoms with E-state index in [9.17, 15) is 9.59 Å². The highest BCUT2D eigenvalue weighted by Gasteiger charge is 2.29. The van der Waals surface area contributed by atoms with Crippen LogP contribution in [0.5, 0.6) is 0 Å².